The van der Waals surface area contributed by atoms with Crippen LogP contribution in [0.5, 0.6) is 0 Å². The standard InChI is InChI=1S/C12H17F3/c1-5-9(4)6-11(14)12(15)10(7-13)8(2)3/h6,8H,4-5,7H2,1-3H3/b11-6+,12-10-. The van der Waals surface area contributed by atoms with Crippen LogP contribution in [0.4, 0.5) is 13.2 Å². The normalized spacial score (nSPS) is 14.2. The molecule has 15 heavy (non-hydrogen) atoms. The lowest BCUT2D eigenvalue weighted by Gasteiger charge is -2.08. The summed E-state index contributed by atoms with van der Waals surface area (Å²) in [7, 11) is 0. The lowest BCUT2D eigenvalue weighted by Crippen LogP contribution is -2.00. The molecule has 0 atom stereocenters. The van der Waals surface area contributed by atoms with Gasteiger partial charge in [0.15, 0.2) is 11.7 Å². The fourth-order valence-corrected chi connectivity index (χ4v) is 0.964. The molecular formula is C12H17F3. The average Bonchev–Trinajstić information content (AvgIpc) is 2.17. The van der Waals surface area contributed by atoms with E-state index in [1.165, 1.54) is 0 Å². The first kappa shape index (κ1) is 14.0. The molecule has 0 N–H and O–H groups in total. The molecule has 0 spiro atoms. The molecule has 0 amide bonds. The molecule has 0 aromatic carbocycles. The summed E-state index contributed by atoms with van der Waals surface area (Å²) < 4.78 is 39.0. The number of hydrogen-bond acceptors (Lipinski definition) is 0. The van der Waals surface area contributed by atoms with Gasteiger partial charge in [-0.1, -0.05) is 32.9 Å². The molecule has 86 valence electrons. The molecule has 0 saturated carbocycles. The van der Waals surface area contributed by atoms with Gasteiger partial charge in [0.2, 0.25) is 0 Å². The summed E-state index contributed by atoms with van der Waals surface area (Å²) in [5, 5.41) is 0. The molecule has 0 saturated heterocycles. The van der Waals surface area contributed by atoms with Gasteiger partial charge < -0.3 is 0 Å². The minimum Gasteiger partial charge on any atom is -0.246 e. The lowest BCUT2D eigenvalue weighted by molar-refractivity contribution is 0.464. The van der Waals surface area contributed by atoms with E-state index in [9.17, 15) is 13.2 Å². The Hall–Kier alpha value is -0.990. The maximum absolute atomic E-state index is 13.4. The minimum atomic E-state index is -1.10. The first-order valence-corrected chi connectivity index (χ1v) is 4.93. The Bertz CT molecular complexity index is 285. The van der Waals surface area contributed by atoms with Gasteiger partial charge in [-0.05, 0) is 18.4 Å². The number of allylic oxidation sites excluding steroid dienone is 5. The van der Waals surface area contributed by atoms with Crippen LogP contribution in [0.2, 0.25) is 0 Å². The molecule has 0 aliphatic heterocycles. The molecule has 0 nitrogen and oxygen atoms in total. The molecule has 0 unspecified atom stereocenters. The zero-order valence-electron chi connectivity index (χ0n) is 9.41. The van der Waals surface area contributed by atoms with Gasteiger partial charge in [0.25, 0.3) is 0 Å². The van der Waals surface area contributed by atoms with E-state index < -0.39 is 18.3 Å². The Balaban J connectivity index is 5.03. The second-order valence-corrected chi connectivity index (χ2v) is 3.63. The molecule has 0 rings (SSSR count). The largest absolute Gasteiger partial charge is 0.246 e. The summed E-state index contributed by atoms with van der Waals surface area (Å²) in [6.45, 7) is 7.58. The molecule has 0 fully saturated rings. The van der Waals surface area contributed by atoms with Crippen molar-refractivity contribution in [1.29, 1.82) is 0 Å². The molecule has 3 heteroatoms. The van der Waals surface area contributed by atoms with E-state index in [0.717, 1.165) is 6.08 Å². The fraction of sp³-hybridized carbons (Fsp3) is 0.500. The Morgan fingerprint density at radius 3 is 2.20 bits per heavy atom. The molecule has 0 aromatic heterocycles. The van der Waals surface area contributed by atoms with Gasteiger partial charge in [-0.25, -0.2) is 13.2 Å². The van der Waals surface area contributed by atoms with Crippen molar-refractivity contribution in [3.05, 3.63) is 35.5 Å². The van der Waals surface area contributed by atoms with Crippen LogP contribution in [-0.4, -0.2) is 6.67 Å². The van der Waals surface area contributed by atoms with Crippen molar-refractivity contribution in [1.82, 2.24) is 0 Å². The molecule has 0 aliphatic carbocycles. The van der Waals surface area contributed by atoms with Crippen molar-refractivity contribution < 1.29 is 13.2 Å². The van der Waals surface area contributed by atoms with Gasteiger partial charge in [0.1, 0.15) is 6.67 Å². The smallest absolute Gasteiger partial charge is 0.160 e. The van der Waals surface area contributed by atoms with E-state index in [1.54, 1.807) is 20.8 Å². The van der Waals surface area contributed by atoms with Gasteiger partial charge in [0.05, 0.1) is 0 Å². The number of hydrogen-bond donors (Lipinski definition) is 0. The van der Waals surface area contributed by atoms with Gasteiger partial charge in [-0.3, -0.25) is 0 Å². The molecule has 0 aliphatic rings. The highest BCUT2D eigenvalue weighted by Gasteiger charge is 2.14. The predicted octanol–water partition coefficient (Wildman–Crippen LogP) is 4.66. The van der Waals surface area contributed by atoms with Crippen molar-refractivity contribution in [3.8, 4) is 0 Å². The summed E-state index contributed by atoms with van der Waals surface area (Å²) in [5.41, 5.74) is 0.331. The second-order valence-electron chi connectivity index (χ2n) is 3.63. The Kier molecular flexibility index (Phi) is 6.06. The highest BCUT2D eigenvalue weighted by molar-refractivity contribution is 5.31. The summed E-state index contributed by atoms with van der Waals surface area (Å²) in [6.07, 6.45) is 1.54. The van der Waals surface area contributed by atoms with Gasteiger partial charge in [0, 0.05) is 5.57 Å². The van der Waals surface area contributed by atoms with E-state index in [2.05, 4.69) is 6.58 Å². The summed E-state index contributed by atoms with van der Waals surface area (Å²) in [6, 6.07) is 0. The Labute approximate surface area is 89.2 Å². The number of halogens is 3. The van der Waals surface area contributed by atoms with Crippen LogP contribution >= 0.6 is 0 Å². The Morgan fingerprint density at radius 1 is 1.33 bits per heavy atom. The minimum absolute atomic E-state index is 0.146. The van der Waals surface area contributed by atoms with E-state index >= 15 is 0 Å². The number of rotatable bonds is 5. The van der Waals surface area contributed by atoms with E-state index in [1.807, 2.05) is 0 Å². The van der Waals surface area contributed by atoms with Crippen molar-refractivity contribution in [3.63, 3.8) is 0 Å². The summed E-state index contributed by atoms with van der Waals surface area (Å²) >= 11 is 0. The third kappa shape index (κ3) is 4.36. The zero-order valence-corrected chi connectivity index (χ0v) is 9.41. The van der Waals surface area contributed by atoms with E-state index in [0.29, 0.717) is 12.0 Å². The quantitative estimate of drug-likeness (QED) is 0.589. The topological polar surface area (TPSA) is 0 Å². The van der Waals surface area contributed by atoms with Crippen LogP contribution in [0.1, 0.15) is 27.2 Å². The third-order valence-corrected chi connectivity index (χ3v) is 2.12. The highest BCUT2D eigenvalue weighted by atomic mass is 19.2. The second kappa shape index (κ2) is 6.49. The van der Waals surface area contributed by atoms with E-state index in [-0.39, 0.29) is 11.5 Å². The fourth-order valence-electron chi connectivity index (χ4n) is 0.964. The van der Waals surface area contributed by atoms with Crippen molar-refractivity contribution in [2.45, 2.75) is 27.2 Å². The van der Waals surface area contributed by atoms with Gasteiger partial charge in [-0.15, -0.1) is 0 Å². The van der Waals surface area contributed by atoms with Crippen molar-refractivity contribution in [2.24, 2.45) is 5.92 Å². The van der Waals surface area contributed by atoms with Crippen molar-refractivity contribution in [2.75, 3.05) is 6.67 Å². The zero-order chi connectivity index (χ0) is 12.0. The first-order valence-electron chi connectivity index (χ1n) is 4.93. The monoisotopic (exact) mass is 218 g/mol. The number of alkyl halides is 1. The molecular weight excluding hydrogens is 201 g/mol. The molecule has 0 aromatic rings. The SMILES string of the molecule is C=C(/C=C(F)\C(F)=C(/CF)C(C)C)CC. The molecule has 0 heterocycles. The maximum atomic E-state index is 13.4. The predicted molar refractivity (Wildman–Crippen MR) is 57.6 cm³/mol. The Morgan fingerprint density at radius 2 is 1.87 bits per heavy atom. The third-order valence-electron chi connectivity index (χ3n) is 2.12. The average molecular weight is 218 g/mol. The highest BCUT2D eigenvalue weighted by Crippen LogP contribution is 2.24. The maximum Gasteiger partial charge on any atom is 0.160 e. The van der Waals surface area contributed by atoms with Crippen LogP contribution in [0.3, 0.4) is 0 Å². The van der Waals surface area contributed by atoms with Crippen LogP contribution in [-0.2, 0) is 0 Å². The van der Waals surface area contributed by atoms with E-state index in [4.69, 9.17) is 0 Å². The van der Waals surface area contributed by atoms with Gasteiger partial charge >= 0.3 is 0 Å². The van der Waals surface area contributed by atoms with Gasteiger partial charge in [-0.2, -0.15) is 0 Å². The molecule has 0 radical (unpaired) electrons. The van der Waals surface area contributed by atoms with Crippen LogP contribution in [0.15, 0.2) is 35.5 Å². The first-order chi connectivity index (χ1) is 6.93. The van der Waals surface area contributed by atoms with Crippen molar-refractivity contribution >= 4 is 0 Å². The molecule has 0 bridgehead atoms. The van der Waals surface area contributed by atoms with Crippen LogP contribution in [0, 0.1) is 5.92 Å². The lowest BCUT2D eigenvalue weighted by atomic mass is 10.0. The van der Waals surface area contributed by atoms with Crippen LogP contribution < -0.4 is 0 Å². The summed E-state index contributed by atoms with van der Waals surface area (Å²) in [4.78, 5) is 0. The van der Waals surface area contributed by atoms with Crippen LogP contribution in [0.25, 0.3) is 0 Å². The summed E-state index contributed by atoms with van der Waals surface area (Å²) in [5.74, 6) is -2.48.